The number of hydrogen-bond donors (Lipinski definition) is 0. The maximum atomic E-state index is 5.75. The fourth-order valence-corrected chi connectivity index (χ4v) is 2.60. The van der Waals surface area contributed by atoms with Gasteiger partial charge in [0, 0.05) is 19.6 Å². The van der Waals surface area contributed by atoms with Gasteiger partial charge in [0.1, 0.15) is 12.4 Å². The van der Waals surface area contributed by atoms with Crippen LogP contribution in [0.4, 0.5) is 0 Å². The van der Waals surface area contributed by atoms with Gasteiger partial charge in [0.2, 0.25) is 0 Å². The number of rotatable bonds is 7. The molecule has 118 valence electrons. The van der Waals surface area contributed by atoms with Crippen molar-refractivity contribution in [3.63, 3.8) is 0 Å². The molecule has 0 amide bonds. The Hall–Kier alpha value is -1.62. The molecule has 0 bridgehead atoms. The molecule has 1 aliphatic heterocycles. The Balaban J connectivity index is 1.33. The molecular formula is C18H23NO3. The van der Waals surface area contributed by atoms with Gasteiger partial charge in [-0.15, -0.1) is 0 Å². The van der Waals surface area contributed by atoms with E-state index in [1.807, 2.05) is 18.2 Å². The third-order valence-electron chi connectivity index (χ3n) is 3.87. The van der Waals surface area contributed by atoms with Gasteiger partial charge in [-0.05, 0) is 22.9 Å². The summed E-state index contributed by atoms with van der Waals surface area (Å²) in [5.74, 6) is 0.899. The van der Waals surface area contributed by atoms with Crippen LogP contribution >= 0.6 is 0 Å². The molecule has 2 aromatic rings. The van der Waals surface area contributed by atoms with Gasteiger partial charge >= 0.3 is 0 Å². The zero-order valence-electron chi connectivity index (χ0n) is 12.9. The maximum absolute atomic E-state index is 5.75. The van der Waals surface area contributed by atoms with E-state index in [1.165, 1.54) is 10.8 Å². The van der Waals surface area contributed by atoms with Crippen LogP contribution in [-0.4, -0.2) is 57.6 Å². The summed E-state index contributed by atoms with van der Waals surface area (Å²) < 4.78 is 16.7. The van der Waals surface area contributed by atoms with E-state index in [2.05, 4.69) is 29.2 Å². The summed E-state index contributed by atoms with van der Waals surface area (Å²) in [6, 6.07) is 14.5. The monoisotopic (exact) mass is 301 g/mol. The molecule has 1 saturated heterocycles. The number of hydrogen-bond acceptors (Lipinski definition) is 4. The number of nitrogens with zero attached hydrogens (tertiary/aromatic N) is 1. The summed E-state index contributed by atoms with van der Waals surface area (Å²) in [4.78, 5) is 2.37. The Labute approximate surface area is 131 Å². The lowest BCUT2D eigenvalue weighted by molar-refractivity contribution is 0.0170. The first-order chi connectivity index (χ1) is 10.9. The molecule has 4 nitrogen and oxygen atoms in total. The van der Waals surface area contributed by atoms with E-state index in [9.17, 15) is 0 Å². The normalized spacial score (nSPS) is 16.0. The quantitative estimate of drug-likeness (QED) is 0.736. The summed E-state index contributed by atoms with van der Waals surface area (Å²) >= 11 is 0. The molecule has 0 aromatic heterocycles. The predicted molar refractivity (Wildman–Crippen MR) is 87.5 cm³/mol. The summed E-state index contributed by atoms with van der Waals surface area (Å²) in [5, 5.41) is 2.44. The van der Waals surface area contributed by atoms with Gasteiger partial charge in [0.15, 0.2) is 0 Å². The van der Waals surface area contributed by atoms with Crippen LogP contribution in [0.2, 0.25) is 0 Å². The molecule has 4 heteroatoms. The summed E-state index contributed by atoms with van der Waals surface area (Å²) in [6.07, 6.45) is 0. The van der Waals surface area contributed by atoms with Gasteiger partial charge in [-0.1, -0.05) is 30.3 Å². The lowest BCUT2D eigenvalue weighted by Crippen LogP contribution is -2.38. The molecule has 22 heavy (non-hydrogen) atoms. The molecular weight excluding hydrogens is 278 g/mol. The van der Waals surface area contributed by atoms with Crippen LogP contribution < -0.4 is 4.74 Å². The number of fused-ring (bicyclic) bond motifs is 1. The second-order valence-electron chi connectivity index (χ2n) is 5.42. The topological polar surface area (TPSA) is 30.9 Å². The summed E-state index contributed by atoms with van der Waals surface area (Å²) in [5.41, 5.74) is 0. The van der Waals surface area contributed by atoms with E-state index in [0.717, 1.165) is 45.2 Å². The minimum atomic E-state index is 0.585. The predicted octanol–water partition coefficient (Wildman–Crippen LogP) is 2.57. The lowest BCUT2D eigenvalue weighted by Gasteiger charge is -2.26. The van der Waals surface area contributed by atoms with Crippen molar-refractivity contribution in [1.29, 1.82) is 0 Å². The van der Waals surface area contributed by atoms with Crippen LogP contribution in [0.15, 0.2) is 42.5 Å². The van der Waals surface area contributed by atoms with Gasteiger partial charge < -0.3 is 14.2 Å². The van der Waals surface area contributed by atoms with Crippen LogP contribution in [0.1, 0.15) is 0 Å². The Bertz CT molecular complexity index is 581. The molecule has 2 aromatic carbocycles. The van der Waals surface area contributed by atoms with Crippen molar-refractivity contribution < 1.29 is 14.2 Å². The molecule has 0 N–H and O–H groups in total. The fourth-order valence-electron chi connectivity index (χ4n) is 2.60. The van der Waals surface area contributed by atoms with Gasteiger partial charge in [-0.3, -0.25) is 4.90 Å². The van der Waals surface area contributed by atoms with E-state index in [1.54, 1.807) is 0 Å². The van der Waals surface area contributed by atoms with Crippen molar-refractivity contribution in [2.45, 2.75) is 0 Å². The first-order valence-corrected chi connectivity index (χ1v) is 7.91. The van der Waals surface area contributed by atoms with Crippen molar-refractivity contribution in [3.05, 3.63) is 42.5 Å². The lowest BCUT2D eigenvalue weighted by atomic mass is 10.1. The SMILES string of the molecule is c1ccc2cc(OCCOCCN3CCOCC3)ccc2c1. The number of benzene rings is 2. The molecule has 1 fully saturated rings. The maximum Gasteiger partial charge on any atom is 0.120 e. The minimum absolute atomic E-state index is 0.585. The second-order valence-corrected chi connectivity index (χ2v) is 5.42. The molecule has 0 unspecified atom stereocenters. The Kier molecular flexibility index (Phi) is 5.65. The van der Waals surface area contributed by atoms with E-state index >= 15 is 0 Å². The molecule has 1 aliphatic rings. The highest BCUT2D eigenvalue weighted by Gasteiger charge is 2.09. The summed E-state index contributed by atoms with van der Waals surface area (Å²) in [7, 11) is 0. The first kappa shape index (κ1) is 15.3. The Morgan fingerprint density at radius 2 is 1.73 bits per heavy atom. The zero-order chi connectivity index (χ0) is 15.0. The van der Waals surface area contributed by atoms with E-state index < -0.39 is 0 Å². The molecule has 0 spiro atoms. The second kappa shape index (κ2) is 8.13. The first-order valence-electron chi connectivity index (χ1n) is 7.91. The van der Waals surface area contributed by atoms with Crippen LogP contribution in [0.3, 0.4) is 0 Å². The number of ether oxygens (including phenoxy) is 3. The van der Waals surface area contributed by atoms with Crippen molar-refractivity contribution in [1.82, 2.24) is 4.90 Å². The van der Waals surface area contributed by atoms with Gasteiger partial charge in [-0.2, -0.15) is 0 Å². The highest BCUT2D eigenvalue weighted by Crippen LogP contribution is 2.20. The molecule has 0 atom stereocenters. The van der Waals surface area contributed by atoms with Gasteiger partial charge in [0.05, 0.1) is 26.4 Å². The molecule has 0 aliphatic carbocycles. The van der Waals surface area contributed by atoms with Crippen LogP contribution in [-0.2, 0) is 9.47 Å². The van der Waals surface area contributed by atoms with Crippen molar-refractivity contribution in [3.8, 4) is 5.75 Å². The summed E-state index contributed by atoms with van der Waals surface area (Å²) in [6.45, 7) is 6.63. The van der Waals surface area contributed by atoms with Gasteiger partial charge in [-0.25, -0.2) is 0 Å². The largest absolute Gasteiger partial charge is 0.491 e. The highest BCUT2D eigenvalue weighted by molar-refractivity contribution is 5.83. The van der Waals surface area contributed by atoms with Crippen molar-refractivity contribution in [2.24, 2.45) is 0 Å². The third kappa shape index (κ3) is 4.44. The van der Waals surface area contributed by atoms with E-state index in [4.69, 9.17) is 14.2 Å². The van der Waals surface area contributed by atoms with Crippen molar-refractivity contribution >= 4 is 10.8 Å². The molecule has 3 rings (SSSR count). The van der Waals surface area contributed by atoms with Crippen molar-refractivity contribution in [2.75, 3.05) is 52.7 Å². The zero-order valence-corrected chi connectivity index (χ0v) is 12.9. The van der Waals surface area contributed by atoms with Crippen LogP contribution in [0, 0.1) is 0 Å². The third-order valence-corrected chi connectivity index (χ3v) is 3.87. The fraction of sp³-hybridized carbons (Fsp3) is 0.444. The average Bonchev–Trinajstić information content (AvgIpc) is 2.59. The number of morpholine rings is 1. The van der Waals surface area contributed by atoms with E-state index in [-0.39, 0.29) is 0 Å². The van der Waals surface area contributed by atoms with Crippen LogP contribution in [0.25, 0.3) is 10.8 Å². The van der Waals surface area contributed by atoms with E-state index in [0.29, 0.717) is 13.2 Å². The highest BCUT2D eigenvalue weighted by atomic mass is 16.5. The molecule has 1 heterocycles. The van der Waals surface area contributed by atoms with Crippen LogP contribution in [0.5, 0.6) is 5.75 Å². The minimum Gasteiger partial charge on any atom is -0.491 e. The Morgan fingerprint density at radius 1 is 0.909 bits per heavy atom. The van der Waals surface area contributed by atoms with Gasteiger partial charge in [0.25, 0.3) is 0 Å². The standard InChI is InChI=1S/C18H23NO3/c1-2-4-17-15-18(6-5-16(17)3-1)22-14-13-21-12-9-19-7-10-20-11-8-19/h1-6,15H,7-14H2. The smallest absolute Gasteiger partial charge is 0.120 e. The average molecular weight is 301 g/mol. The Morgan fingerprint density at radius 3 is 2.59 bits per heavy atom. The molecule has 0 saturated carbocycles. The molecule has 0 radical (unpaired) electrons.